The Kier molecular flexibility index (Phi) is 7.83. The molecule has 2 amide bonds. The number of aromatic amines is 1. The van der Waals surface area contributed by atoms with Crippen molar-refractivity contribution in [2.75, 3.05) is 25.0 Å². The Morgan fingerprint density at radius 3 is 2.75 bits per heavy atom. The van der Waals surface area contributed by atoms with Crippen molar-refractivity contribution in [3.05, 3.63) is 65.4 Å². The molecule has 0 radical (unpaired) electrons. The van der Waals surface area contributed by atoms with Crippen molar-refractivity contribution in [2.45, 2.75) is 51.9 Å². The Bertz CT molecular complexity index is 1020. The van der Waals surface area contributed by atoms with Gasteiger partial charge in [0, 0.05) is 29.3 Å². The van der Waals surface area contributed by atoms with Crippen LogP contribution in [0.3, 0.4) is 0 Å². The number of amides is 2. The Morgan fingerprint density at radius 2 is 1.91 bits per heavy atom. The fourth-order valence-electron chi connectivity index (χ4n) is 4.70. The molecule has 170 valence electrons. The molecule has 0 saturated carbocycles. The maximum absolute atomic E-state index is 12.5. The van der Waals surface area contributed by atoms with Crippen molar-refractivity contribution >= 4 is 22.6 Å². The Morgan fingerprint density at radius 1 is 1.09 bits per heavy atom. The molecule has 32 heavy (non-hydrogen) atoms. The molecule has 0 aliphatic carbocycles. The second-order valence-corrected chi connectivity index (χ2v) is 9.04. The zero-order valence-corrected chi connectivity index (χ0v) is 19.2. The number of fused-ring (bicyclic) bond motifs is 1. The number of benzene rings is 2. The van der Waals surface area contributed by atoms with E-state index in [2.05, 4.69) is 76.5 Å². The third-order valence-electron chi connectivity index (χ3n) is 6.50. The van der Waals surface area contributed by atoms with Crippen molar-refractivity contribution in [1.82, 2.24) is 15.6 Å². The van der Waals surface area contributed by atoms with Crippen LogP contribution in [0.15, 0.2) is 48.7 Å². The van der Waals surface area contributed by atoms with Crippen LogP contribution in [0.4, 0.5) is 10.5 Å². The molecule has 1 fully saturated rings. The van der Waals surface area contributed by atoms with Gasteiger partial charge in [-0.2, -0.15) is 0 Å². The highest BCUT2D eigenvalue weighted by Crippen LogP contribution is 2.24. The van der Waals surface area contributed by atoms with Crippen LogP contribution < -0.4 is 16.0 Å². The molecule has 0 bridgehead atoms. The van der Waals surface area contributed by atoms with Gasteiger partial charge in [0.05, 0.1) is 0 Å². The summed E-state index contributed by atoms with van der Waals surface area (Å²) in [6.07, 6.45) is 9.76. The summed E-state index contributed by atoms with van der Waals surface area (Å²) in [5.74, 6) is 0.719. The monoisotopic (exact) mass is 432 g/mol. The van der Waals surface area contributed by atoms with Gasteiger partial charge in [0.2, 0.25) is 0 Å². The molecule has 0 atom stereocenters. The van der Waals surface area contributed by atoms with Gasteiger partial charge in [-0.15, -0.1) is 0 Å². The van der Waals surface area contributed by atoms with Crippen LogP contribution >= 0.6 is 0 Å². The van der Waals surface area contributed by atoms with Gasteiger partial charge in [-0.25, -0.2) is 4.79 Å². The summed E-state index contributed by atoms with van der Waals surface area (Å²) < 4.78 is 0. The van der Waals surface area contributed by atoms with Gasteiger partial charge in [-0.05, 0) is 92.4 Å². The number of piperidine rings is 1. The summed E-state index contributed by atoms with van der Waals surface area (Å²) in [7, 11) is 0. The molecule has 4 rings (SSSR count). The minimum Gasteiger partial charge on any atom is -0.361 e. The van der Waals surface area contributed by atoms with E-state index in [9.17, 15) is 4.79 Å². The van der Waals surface area contributed by atoms with E-state index in [0.717, 1.165) is 68.9 Å². The molecule has 1 aliphatic heterocycles. The fraction of sp³-hybridized carbons (Fsp3) is 0.444. The molecule has 1 aromatic heterocycles. The minimum absolute atomic E-state index is 0.107. The average Bonchev–Trinajstić information content (AvgIpc) is 3.21. The third-order valence-corrected chi connectivity index (χ3v) is 6.50. The van der Waals surface area contributed by atoms with E-state index in [-0.39, 0.29) is 6.03 Å². The number of para-hydroxylation sites is 1. The molecule has 3 aromatic rings. The first-order chi connectivity index (χ1) is 15.7. The summed E-state index contributed by atoms with van der Waals surface area (Å²) in [4.78, 5) is 15.9. The van der Waals surface area contributed by atoms with Gasteiger partial charge in [-0.1, -0.05) is 37.6 Å². The largest absolute Gasteiger partial charge is 0.361 e. The third kappa shape index (κ3) is 6.13. The summed E-state index contributed by atoms with van der Waals surface area (Å²) in [6.45, 7) is 5.14. The number of unbranched alkanes of at least 4 members (excludes halogenated alkanes) is 1. The van der Waals surface area contributed by atoms with E-state index < -0.39 is 0 Å². The highest BCUT2D eigenvalue weighted by Gasteiger charge is 2.13. The van der Waals surface area contributed by atoms with Gasteiger partial charge < -0.3 is 20.9 Å². The molecule has 5 nitrogen and oxygen atoms in total. The van der Waals surface area contributed by atoms with Crippen molar-refractivity contribution < 1.29 is 4.79 Å². The van der Waals surface area contributed by atoms with E-state index in [0.29, 0.717) is 0 Å². The Labute approximate surface area is 191 Å². The SMILES string of the molecule is CCCCc1cc(Cc2c[nH]c3ccccc23)cc(NC(=O)NCCC2CCNCC2)c1. The number of carbonyl (C=O) groups excluding carboxylic acids is 1. The van der Waals surface area contributed by atoms with E-state index in [1.54, 1.807) is 0 Å². The number of carbonyl (C=O) groups is 1. The van der Waals surface area contributed by atoms with Crippen LogP contribution in [-0.2, 0) is 12.8 Å². The Hall–Kier alpha value is -2.79. The van der Waals surface area contributed by atoms with E-state index >= 15 is 0 Å². The van der Waals surface area contributed by atoms with Gasteiger partial charge in [-0.3, -0.25) is 0 Å². The van der Waals surface area contributed by atoms with Crippen molar-refractivity contribution in [3.8, 4) is 0 Å². The minimum atomic E-state index is -0.107. The smallest absolute Gasteiger partial charge is 0.319 e. The number of anilines is 1. The predicted octanol–water partition coefficient (Wildman–Crippen LogP) is 5.61. The number of urea groups is 1. The zero-order valence-electron chi connectivity index (χ0n) is 19.2. The molecular weight excluding hydrogens is 396 g/mol. The lowest BCUT2D eigenvalue weighted by Crippen LogP contribution is -2.33. The number of aromatic nitrogens is 1. The predicted molar refractivity (Wildman–Crippen MR) is 133 cm³/mol. The second kappa shape index (κ2) is 11.2. The summed E-state index contributed by atoms with van der Waals surface area (Å²) in [6, 6.07) is 14.8. The van der Waals surface area contributed by atoms with Gasteiger partial charge >= 0.3 is 6.03 Å². The number of hydrogen-bond donors (Lipinski definition) is 4. The van der Waals surface area contributed by atoms with Gasteiger partial charge in [0.15, 0.2) is 0 Å². The molecule has 1 aliphatic rings. The number of H-pyrrole nitrogens is 1. The van der Waals surface area contributed by atoms with Crippen molar-refractivity contribution in [2.24, 2.45) is 5.92 Å². The standard InChI is InChI=1S/C27H36N4O/c1-2-3-6-21-15-22(16-23-19-30-26-8-5-4-7-25(23)26)18-24(17-21)31-27(32)29-14-11-20-9-12-28-13-10-20/h4-5,7-8,15,17-20,28,30H,2-3,6,9-14,16H2,1H3,(H2,29,31,32). The summed E-state index contributed by atoms with van der Waals surface area (Å²) >= 11 is 0. The normalized spacial score (nSPS) is 14.5. The molecule has 5 heteroatoms. The molecule has 2 heterocycles. The van der Waals surface area contributed by atoms with Crippen molar-refractivity contribution in [3.63, 3.8) is 0 Å². The lowest BCUT2D eigenvalue weighted by atomic mass is 9.95. The average molecular weight is 433 g/mol. The van der Waals surface area contributed by atoms with Gasteiger partial charge in [0.1, 0.15) is 0 Å². The fourth-order valence-corrected chi connectivity index (χ4v) is 4.70. The van der Waals surface area contributed by atoms with Crippen LogP contribution in [0.1, 0.15) is 55.7 Å². The molecule has 0 unspecified atom stereocenters. The van der Waals surface area contributed by atoms with E-state index in [1.807, 2.05) is 0 Å². The first-order valence-corrected chi connectivity index (χ1v) is 12.1. The topological polar surface area (TPSA) is 69.0 Å². The maximum Gasteiger partial charge on any atom is 0.319 e. The summed E-state index contributed by atoms with van der Waals surface area (Å²) in [5.41, 5.74) is 5.84. The quantitative estimate of drug-likeness (QED) is 0.355. The first kappa shape index (κ1) is 22.4. The van der Waals surface area contributed by atoms with E-state index in [1.165, 1.54) is 34.9 Å². The first-order valence-electron chi connectivity index (χ1n) is 12.1. The van der Waals surface area contributed by atoms with E-state index in [4.69, 9.17) is 0 Å². The zero-order chi connectivity index (χ0) is 22.2. The molecular formula is C27H36N4O. The van der Waals surface area contributed by atoms with Crippen LogP contribution in [0, 0.1) is 5.92 Å². The van der Waals surface area contributed by atoms with Crippen LogP contribution in [0.25, 0.3) is 10.9 Å². The van der Waals surface area contributed by atoms with Gasteiger partial charge in [0.25, 0.3) is 0 Å². The molecule has 0 spiro atoms. The van der Waals surface area contributed by atoms with Crippen molar-refractivity contribution in [1.29, 1.82) is 0 Å². The highest BCUT2D eigenvalue weighted by atomic mass is 16.2. The van der Waals surface area contributed by atoms with Crippen LogP contribution in [0.5, 0.6) is 0 Å². The number of hydrogen-bond acceptors (Lipinski definition) is 2. The highest BCUT2D eigenvalue weighted by molar-refractivity contribution is 5.89. The summed E-state index contributed by atoms with van der Waals surface area (Å²) in [5, 5.41) is 10.8. The lowest BCUT2D eigenvalue weighted by molar-refractivity contribution is 0.250. The van der Waals surface area contributed by atoms with Crippen LogP contribution in [0.2, 0.25) is 0 Å². The second-order valence-electron chi connectivity index (χ2n) is 9.04. The number of nitrogens with one attached hydrogen (secondary N) is 4. The number of aryl methyl sites for hydroxylation is 1. The lowest BCUT2D eigenvalue weighted by Gasteiger charge is -2.22. The maximum atomic E-state index is 12.5. The molecule has 1 saturated heterocycles. The van der Waals surface area contributed by atoms with Crippen LogP contribution in [-0.4, -0.2) is 30.6 Å². The Balaban J connectivity index is 1.41. The molecule has 4 N–H and O–H groups in total. The molecule has 2 aromatic carbocycles. The number of rotatable bonds is 9.